The second-order valence-electron chi connectivity index (χ2n) is 9.75. The fourth-order valence-electron chi connectivity index (χ4n) is 5.58. The molecule has 2 fully saturated rings. The lowest BCUT2D eigenvalue weighted by molar-refractivity contribution is -0.875. The van der Waals surface area contributed by atoms with E-state index < -0.39 is 0 Å². The molecule has 1 aromatic carbocycles. The first-order valence-corrected chi connectivity index (χ1v) is 10.6. The maximum atomic E-state index is 9.93. The molecular formula is C23H38N2O2. The van der Waals surface area contributed by atoms with E-state index in [1.807, 2.05) is 21.1 Å². The minimum absolute atomic E-state index is 0.0312. The fourth-order valence-corrected chi connectivity index (χ4v) is 5.58. The highest BCUT2D eigenvalue weighted by Gasteiger charge is 2.53. The molecule has 0 unspecified atom stereocenters. The molecule has 1 aromatic rings. The standard InChI is InChI=1S/C18H25NO.C5H13NO/c1-19-10-9-18-8-4-3-5-15(18)17(19)11-13-6-7-14(20-2)12-16(13)18;1-6(2,3)4-5-7/h6-7,12,15,17H,3-5,8-11H2,1-2H3;4-5H2,1-3H3/t15-,17+,18+;/m1./s1. The molecule has 4 rings (SSSR count). The molecule has 0 spiro atoms. The first kappa shape index (κ1) is 20.6. The van der Waals surface area contributed by atoms with Gasteiger partial charge in [0.05, 0.1) is 34.8 Å². The maximum absolute atomic E-state index is 9.93. The van der Waals surface area contributed by atoms with Gasteiger partial charge in [-0.3, -0.25) is 0 Å². The van der Waals surface area contributed by atoms with Crippen LogP contribution in [0.3, 0.4) is 0 Å². The zero-order chi connectivity index (χ0) is 19.7. The summed E-state index contributed by atoms with van der Waals surface area (Å²) in [6, 6.07) is 7.60. The number of rotatable bonds is 3. The summed E-state index contributed by atoms with van der Waals surface area (Å²) in [7, 11) is 10.2. The molecule has 1 saturated carbocycles. The molecule has 4 heteroatoms. The Hall–Kier alpha value is -1.10. The van der Waals surface area contributed by atoms with Gasteiger partial charge < -0.3 is 19.2 Å². The van der Waals surface area contributed by atoms with Crippen LogP contribution in [0.15, 0.2) is 18.2 Å². The number of quaternary nitrogens is 1. The van der Waals surface area contributed by atoms with Crippen LogP contribution < -0.4 is 9.84 Å². The van der Waals surface area contributed by atoms with E-state index in [0.717, 1.165) is 28.7 Å². The van der Waals surface area contributed by atoms with Crippen molar-refractivity contribution in [3.05, 3.63) is 29.3 Å². The first-order chi connectivity index (χ1) is 12.8. The van der Waals surface area contributed by atoms with Crippen LogP contribution in [-0.4, -0.2) is 70.4 Å². The van der Waals surface area contributed by atoms with Gasteiger partial charge in [0.15, 0.2) is 0 Å². The number of methoxy groups -OCH3 is 1. The van der Waals surface area contributed by atoms with Gasteiger partial charge in [-0.15, -0.1) is 0 Å². The molecule has 0 N–H and O–H groups in total. The van der Waals surface area contributed by atoms with Crippen molar-refractivity contribution in [3.8, 4) is 5.75 Å². The third kappa shape index (κ3) is 4.18. The van der Waals surface area contributed by atoms with E-state index in [1.54, 1.807) is 18.2 Å². The number of hydrogen-bond donors (Lipinski definition) is 0. The normalized spacial score (nSPS) is 29.9. The van der Waals surface area contributed by atoms with Crippen molar-refractivity contribution in [2.75, 3.05) is 55.0 Å². The van der Waals surface area contributed by atoms with Crippen LogP contribution in [0.5, 0.6) is 5.75 Å². The SMILES string of the molecule is COc1ccc2c(c1)[C@]13CCCC[C@@H]1[C@H](C2)N(C)CC3.C[N+](C)(C)CC[O-]. The average molecular weight is 375 g/mol. The number of hydrogen-bond acceptors (Lipinski definition) is 3. The highest BCUT2D eigenvalue weighted by molar-refractivity contribution is 5.45. The summed E-state index contributed by atoms with van der Waals surface area (Å²) >= 11 is 0. The van der Waals surface area contributed by atoms with E-state index >= 15 is 0 Å². The van der Waals surface area contributed by atoms with Crippen LogP contribution in [0.25, 0.3) is 0 Å². The van der Waals surface area contributed by atoms with E-state index in [1.165, 1.54) is 45.1 Å². The Labute approximate surface area is 165 Å². The summed E-state index contributed by atoms with van der Waals surface area (Å²) in [6.07, 6.45) is 8.22. The van der Waals surface area contributed by atoms with Crippen molar-refractivity contribution in [2.45, 2.75) is 50.0 Å². The van der Waals surface area contributed by atoms with Crippen molar-refractivity contribution >= 4 is 0 Å². The summed E-state index contributed by atoms with van der Waals surface area (Å²) in [5.41, 5.74) is 3.67. The molecule has 3 aliphatic rings. The molecule has 0 amide bonds. The molecule has 2 aliphatic carbocycles. The number of benzene rings is 1. The van der Waals surface area contributed by atoms with Gasteiger partial charge in [-0.25, -0.2) is 0 Å². The summed E-state index contributed by atoms with van der Waals surface area (Å²) in [5, 5.41) is 9.93. The van der Waals surface area contributed by atoms with Crippen LogP contribution in [0.2, 0.25) is 0 Å². The molecule has 4 nitrogen and oxygen atoms in total. The Kier molecular flexibility index (Phi) is 6.19. The summed E-state index contributed by atoms with van der Waals surface area (Å²) in [4.78, 5) is 2.63. The molecule has 1 aliphatic heterocycles. The van der Waals surface area contributed by atoms with Crippen LogP contribution in [-0.2, 0) is 11.8 Å². The van der Waals surface area contributed by atoms with E-state index in [4.69, 9.17) is 4.74 Å². The van der Waals surface area contributed by atoms with Crippen LogP contribution in [0, 0.1) is 5.92 Å². The van der Waals surface area contributed by atoms with Crippen molar-refractivity contribution in [1.82, 2.24) is 4.90 Å². The van der Waals surface area contributed by atoms with E-state index in [-0.39, 0.29) is 6.61 Å². The number of likely N-dealkylation sites (tertiary alicyclic amines) is 1. The smallest absolute Gasteiger partial charge is 0.119 e. The lowest BCUT2D eigenvalue weighted by Crippen LogP contribution is -2.59. The van der Waals surface area contributed by atoms with Gasteiger partial charge in [-0.2, -0.15) is 0 Å². The Morgan fingerprint density at radius 2 is 2.00 bits per heavy atom. The second kappa shape index (κ2) is 8.10. The molecule has 2 bridgehead atoms. The van der Waals surface area contributed by atoms with E-state index in [2.05, 4.69) is 30.1 Å². The molecule has 0 aromatic heterocycles. The molecule has 0 radical (unpaired) electrons. The molecule has 152 valence electrons. The molecule has 1 saturated heterocycles. The molecule has 1 heterocycles. The van der Waals surface area contributed by atoms with Crippen LogP contribution in [0.1, 0.15) is 43.2 Å². The average Bonchev–Trinajstić information content (AvgIpc) is 2.64. The number of fused-ring (bicyclic) bond motifs is 1. The number of nitrogens with zero attached hydrogens (tertiary/aromatic N) is 2. The Balaban J connectivity index is 0.000000260. The van der Waals surface area contributed by atoms with E-state index in [0.29, 0.717) is 5.41 Å². The Morgan fingerprint density at radius 3 is 2.63 bits per heavy atom. The Morgan fingerprint density at radius 1 is 1.22 bits per heavy atom. The van der Waals surface area contributed by atoms with Gasteiger partial charge in [-0.05, 0) is 68.5 Å². The summed E-state index contributed by atoms with van der Waals surface area (Å²) in [6.45, 7) is 2.02. The highest BCUT2D eigenvalue weighted by atomic mass is 16.5. The monoisotopic (exact) mass is 374 g/mol. The van der Waals surface area contributed by atoms with Crippen LogP contribution >= 0.6 is 0 Å². The number of piperidine rings is 1. The van der Waals surface area contributed by atoms with Gasteiger partial charge >= 0.3 is 0 Å². The predicted octanol–water partition coefficient (Wildman–Crippen LogP) is 2.44. The second-order valence-corrected chi connectivity index (χ2v) is 9.75. The fraction of sp³-hybridized carbons (Fsp3) is 0.739. The van der Waals surface area contributed by atoms with Gasteiger partial charge in [0.1, 0.15) is 5.75 Å². The van der Waals surface area contributed by atoms with Crippen molar-refractivity contribution in [2.24, 2.45) is 5.92 Å². The predicted molar refractivity (Wildman–Crippen MR) is 109 cm³/mol. The van der Waals surface area contributed by atoms with Gasteiger partial charge in [0.25, 0.3) is 0 Å². The third-order valence-corrected chi connectivity index (χ3v) is 7.08. The Bertz CT molecular complexity index is 640. The van der Waals surface area contributed by atoms with Gasteiger partial charge in [0.2, 0.25) is 0 Å². The molecule has 27 heavy (non-hydrogen) atoms. The summed E-state index contributed by atoms with van der Waals surface area (Å²) < 4.78 is 6.29. The topological polar surface area (TPSA) is 35.5 Å². The zero-order valence-electron chi connectivity index (χ0n) is 18.0. The van der Waals surface area contributed by atoms with Crippen molar-refractivity contribution in [3.63, 3.8) is 0 Å². The van der Waals surface area contributed by atoms with Crippen molar-refractivity contribution in [1.29, 1.82) is 0 Å². The zero-order valence-corrected chi connectivity index (χ0v) is 18.0. The largest absolute Gasteiger partial charge is 0.850 e. The molecular weight excluding hydrogens is 336 g/mol. The highest BCUT2D eigenvalue weighted by Crippen LogP contribution is 2.55. The quantitative estimate of drug-likeness (QED) is 0.763. The minimum Gasteiger partial charge on any atom is -0.850 e. The minimum atomic E-state index is 0.0312. The molecule has 3 atom stereocenters. The first-order valence-electron chi connectivity index (χ1n) is 10.6. The maximum Gasteiger partial charge on any atom is 0.119 e. The van der Waals surface area contributed by atoms with Crippen LogP contribution in [0.4, 0.5) is 0 Å². The van der Waals surface area contributed by atoms with Crippen molar-refractivity contribution < 1.29 is 14.3 Å². The lowest BCUT2D eigenvalue weighted by atomic mass is 9.52. The van der Waals surface area contributed by atoms with Gasteiger partial charge in [-0.1, -0.05) is 25.5 Å². The number of ether oxygens (including phenoxy) is 1. The third-order valence-electron chi connectivity index (χ3n) is 7.08. The van der Waals surface area contributed by atoms with Gasteiger partial charge in [0, 0.05) is 11.5 Å². The number of likely N-dealkylation sites (N-methyl/N-ethyl adjacent to an activating group) is 2. The lowest BCUT2D eigenvalue weighted by Gasteiger charge is -2.58. The summed E-state index contributed by atoms with van der Waals surface area (Å²) in [5.74, 6) is 1.91. The van der Waals surface area contributed by atoms with E-state index in [9.17, 15) is 5.11 Å².